The maximum atomic E-state index is 11.5. The SMILES string of the molecule is CC(=Nn1c(-c2cccc([N+](=O)[O-])c2)csc1=NCCc1ccccc1)c1ccc2c(c1)Nc1ccccc1S2. The van der Waals surface area contributed by atoms with Gasteiger partial charge in [0.05, 0.1) is 27.7 Å². The Labute approximate surface area is 239 Å². The fourth-order valence-corrected chi connectivity index (χ4v) is 6.31. The van der Waals surface area contributed by atoms with Gasteiger partial charge in [-0.2, -0.15) is 5.10 Å². The van der Waals surface area contributed by atoms with Crippen LogP contribution < -0.4 is 10.1 Å². The summed E-state index contributed by atoms with van der Waals surface area (Å²) in [6.07, 6.45) is 0.809. The number of thiazole rings is 1. The van der Waals surface area contributed by atoms with Crippen molar-refractivity contribution in [2.24, 2.45) is 10.1 Å². The highest BCUT2D eigenvalue weighted by molar-refractivity contribution is 7.99. The lowest BCUT2D eigenvalue weighted by molar-refractivity contribution is -0.384. The lowest BCUT2D eigenvalue weighted by atomic mass is 10.1. The molecule has 0 atom stereocenters. The maximum Gasteiger partial charge on any atom is 0.270 e. The summed E-state index contributed by atoms with van der Waals surface area (Å²) >= 11 is 3.22. The minimum atomic E-state index is -0.379. The fraction of sp³-hybridized carbons (Fsp3) is 0.0968. The normalized spacial score (nSPS) is 12.9. The maximum absolute atomic E-state index is 11.5. The number of hydrogen-bond acceptors (Lipinski definition) is 7. The smallest absolute Gasteiger partial charge is 0.270 e. The Bertz CT molecular complexity index is 1810. The Hall–Kier alpha value is -4.47. The molecule has 0 fully saturated rings. The van der Waals surface area contributed by atoms with E-state index in [0.717, 1.165) is 44.5 Å². The van der Waals surface area contributed by atoms with Crippen molar-refractivity contribution in [1.29, 1.82) is 0 Å². The molecule has 40 heavy (non-hydrogen) atoms. The van der Waals surface area contributed by atoms with Gasteiger partial charge in [0.25, 0.3) is 5.69 Å². The van der Waals surface area contributed by atoms with Gasteiger partial charge in [0.15, 0.2) is 0 Å². The Morgan fingerprint density at radius 2 is 1.73 bits per heavy atom. The van der Waals surface area contributed by atoms with Crippen molar-refractivity contribution in [3.63, 3.8) is 0 Å². The van der Waals surface area contributed by atoms with E-state index in [-0.39, 0.29) is 10.6 Å². The van der Waals surface area contributed by atoms with Gasteiger partial charge in [0.1, 0.15) is 0 Å². The molecule has 1 aliphatic rings. The molecule has 0 bridgehead atoms. The van der Waals surface area contributed by atoms with Crippen molar-refractivity contribution in [3.8, 4) is 11.3 Å². The van der Waals surface area contributed by atoms with Gasteiger partial charge < -0.3 is 5.32 Å². The van der Waals surface area contributed by atoms with Crippen LogP contribution in [0.25, 0.3) is 11.3 Å². The summed E-state index contributed by atoms with van der Waals surface area (Å²) in [4.78, 5) is 19.0. The van der Waals surface area contributed by atoms with Gasteiger partial charge >= 0.3 is 0 Å². The molecule has 1 aliphatic heterocycles. The molecule has 0 saturated heterocycles. The van der Waals surface area contributed by atoms with Crippen LogP contribution in [0.15, 0.2) is 122 Å². The molecule has 0 saturated carbocycles. The fourth-order valence-electron chi connectivity index (χ4n) is 4.48. The number of nitro groups is 1. The van der Waals surface area contributed by atoms with E-state index in [0.29, 0.717) is 12.1 Å². The summed E-state index contributed by atoms with van der Waals surface area (Å²) in [7, 11) is 0. The van der Waals surface area contributed by atoms with Gasteiger partial charge in [-0.25, -0.2) is 4.68 Å². The highest BCUT2D eigenvalue weighted by atomic mass is 32.2. The molecule has 198 valence electrons. The quantitative estimate of drug-likeness (QED) is 0.122. The lowest BCUT2D eigenvalue weighted by Gasteiger charge is -2.21. The molecular formula is C31H25N5O2S2. The Morgan fingerprint density at radius 3 is 2.58 bits per heavy atom. The zero-order valence-electron chi connectivity index (χ0n) is 21.7. The molecule has 0 amide bonds. The van der Waals surface area contributed by atoms with Crippen LogP contribution in [0.1, 0.15) is 18.1 Å². The van der Waals surface area contributed by atoms with Crippen LogP contribution in [-0.4, -0.2) is 21.9 Å². The highest BCUT2D eigenvalue weighted by Gasteiger charge is 2.17. The van der Waals surface area contributed by atoms with Gasteiger partial charge in [-0.15, -0.1) is 11.3 Å². The topological polar surface area (TPSA) is 84.8 Å². The predicted octanol–water partition coefficient (Wildman–Crippen LogP) is 7.75. The first kappa shape index (κ1) is 25.8. The number of anilines is 2. The van der Waals surface area contributed by atoms with Gasteiger partial charge in [-0.3, -0.25) is 15.1 Å². The number of benzene rings is 4. The van der Waals surface area contributed by atoms with E-state index >= 15 is 0 Å². The number of non-ortho nitro benzene ring substituents is 1. The molecule has 0 aliphatic carbocycles. The highest BCUT2D eigenvalue weighted by Crippen LogP contribution is 2.44. The Balaban J connectivity index is 1.38. The summed E-state index contributed by atoms with van der Waals surface area (Å²) < 4.78 is 1.81. The molecule has 6 rings (SSSR count). The van der Waals surface area contributed by atoms with Crippen molar-refractivity contribution >= 4 is 45.9 Å². The third kappa shape index (κ3) is 5.47. The van der Waals surface area contributed by atoms with Gasteiger partial charge in [-0.1, -0.05) is 72.4 Å². The third-order valence-corrected chi connectivity index (χ3v) is 8.56. The van der Waals surface area contributed by atoms with Crippen molar-refractivity contribution < 1.29 is 4.92 Å². The molecular weight excluding hydrogens is 539 g/mol. The monoisotopic (exact) mass is 563 g/mol. The van der Waals surface area contributed by atoms with E-state index in [1.54, 1.807) is 28.6 Å². The standard InChI is InChI=1S/C31H25N5O2S2/c1-21(23-14-15-30-27(19-23)33-26-12-5-6-13-29(26)40-30)34-35-28(24-10-7-11-25(18-24)36(37)38)20-39-31(35)32-17-16-22-8-3-2-4-9-22/h2-15,18-20,33H,16-17H2,1H3. The number of nitrogens with zero attached hydrogens (tertiary/aromatic N) is 4. The van der Waals surface area contributed by atoms with Gasteiger partial charge in [0.2, 0.25) is 4.80 Å². The molecule has 4 aromatic carbocycles. The van der Waals surface area contributed by atoms with Crippen molar-refractivity contribution in [2.75, 3.05) is 11.9 Å². The molecule has 0 spiro atoms. The number of fused-ring (bicyclic) bond motifs is 2. The molecule has 0 radical (unpaired) electrons. The van der Waals surface area contributed by atoms with Crippen LogP contribution in [0.4, 0.5) is 17.1 Å². The molecule has 7 nitrogen and oxygen atoms in total. The minimum absolute atomic E-state index is 0.0389. The first-order valence-corrected chi connectivity index (χ1v) is 14.5. The molecule has 5 aromatic rings. The van der Waals surface area contributed by atoms with Crippen molar-refractivity contribution in [1.82, 2.24) is 4.68 Å². The molecule has 1 N–H and O–H groups in total. The van der Waals surface area contributed by atoms with Crippen molar-refractivity contribution in [3.05, 3.63) is 128 Å². The number of aromatic nitrogens is 1. The molecule has 9 heteroatoms. The van der Waals surface area contributed by atoms with E-state index in [2.05, 4.69) is 47.8 Å². The number of rotatable bonds is 7. The van der Waals surface area contributed by atoms with E-state index < -0.39 is 0 Å². The Morgan fingerprint density at radius 1 is 0.925 bits per heavy atom. The van der Waals surface area contributed by atoms with Crippen LogP contribution in [0.3, 0.4) is 0 Å². The van der Waals surface area contributed by atoms with Crippen LogP contribution in [0, 0.1) is 10.1 Å². The molecule has 0 unspecified atom stereocenters. The summed E-state index contributed by atoms with van der Waals surface area (Å²) in [5.41, 5.74) is 6.64. The second-order valence-electron chi connectivity index (χ2n) is 9.26. The first-order valence-electron chi connectivity index (χ1n) is 12.8. The van der Waals surface area contributed by atoms with Crippen molar-refractivity contribution in [2.45, 2.75) is 23.1 Å². The second-order valence-corrected chi connectivity index (χ2v) is 11.2. The summed E-state index contributed by atoms with van der Waals surface area (Å²) in [5, 5.41) is 22.0. The molecule has 1 aromatic heterocycles. The average Bonchev–Trinajstić information content (AvgIpc) is 3.38. The number of para-hydroxylation sites is 1. The second kappa shape index (κ2) is 11.3. The minimum Gasteiger partial charge on any atom is -0.354 e. The molecule has 2 heterocycles. The van der Waals surface area contributed by atoms with Crippen LogP contribution in [-0.2, 0) is 6.42 Å². The zero-order valence-corrected chi connectivity index (χ0v) is 23.3. The van der Waals surface area contributed by atoms with Crippen LogP contribution >= 0.6 is 23.1 Å². The summed E-state index contributed by atoms with van der Waals surface area (Å²) in [6, 6.07) is 31.4. The zero-order chi connectivity index (χ0) is 27.5. The van der Waals surface area contributed by atoms with E-state index in [1.165, 1.54) is 27.9 Å². The predicted molar refractivity (Wildman–Crippen MR) is 163 cm³/mol. The van der Waals surface area contributed by atoms with Crippen LogP contribution in [0.2, 0.25) is 0 Å². The number of hydrogen-bond donors (Lipinski definition) is 1. The van der Waals surface area contributed by atoms with Gasteiger partial charge in [-0.05, 0) is 48.7 Å². The van der Waals surface area contributed by atoms with E-state index in [4.69, 9.17) is 10.1 Å². The summed E-state index contributed by atoms with van der Waals surface area (Å²) in [6.45, 7) is 2.58. The third-order valence-electron chi connectivity index (χ3n) is 6.55. The number of nitro benzene ring substituents is 1. The van der Waals surface area contributed by atoms with E-state index in [1.807, 2.05) is 48.7 Å². The lowest BCUT2D eigenvalue weighted by Crippen LogP contribution is -2.15. The van der Waals surface area contributed by atoms with Crippen LogP contribution in [0.5, 0.6) is 0 Å². The number of nitrogens with one attached hydrogen (secondary N) is 1. The summed E-state index contributed by atoms with van der Waals surface area (Å²) in [5.74, 6) is 0. The van der Waals surface area contributed by atoms with E-state index in [9.17, 15) is 10.1 Å². The van der Waals surface area contributed by atoms with Gasteiger partial charge in [0, 0.05) is 39.4 Å². The largest absolute Gasteiger partial charge is 0.354 e. The Kier molecular flexibility index (Phi) is 7.31. The first-order chi connectivity index (χ1) is 19.5. The average molecular weight is 564 g/mol.